The van der Waals surface area contributed by atoms with Gasteiger partial charge in [-0.05, 0) is 37.6 Å². The van der Waals surface area contributed by atoms with E-state index in [-0.39, 0.29) is 23.0 Å². The number of ether oxygens (including phenoxy) is 1. The lowest BCUT2D eigenvalue weighted by molar-refractivity contribution is -0.384. The summed E-state index contributed by atoms with van der Waals surface area (Å²) in [6.45, 7) is 2.63. The number of nitrogens with one attached hydrogen (secondary N) is 1. The number of sulfonamides is 1. The summed E-state index contributed by atoms with van der Waals surface area (Å²) >= 11 is 12.2. The fourth-order valence-electron chi connectivity index (χ4n) is 3.32. The van der Waals surface area contributed by atoms with Crippen molar-refractivity contribution < 1.29 is 27.7 Å². The normalized spacial score (nSPS) is 11.9. The number of anilines is 1. The SMILES string of the molecule is CCNC(=O)[C@@H](C)N(Cc1ccc(Cl)cc1Cl)C(=O)CN(c1cc([N+](=O)[O-])ccc1OC)S(C)(=O)=O. The van der Waals surface area contributed by atoms with E-state index in [4.69, 9.17) is 27.9 Å². The monoisotopic (exact) mass is 560 g/mol. The minimum atomic E-state index is -4.13. The molecule has 0 aliphatic heterocycles. The molecule has 0 aliphatic rings. The zero-order valence-corrected chi connectivity index (χ0v) is 22.4. The molecule has 2 aromatic carbocycles. The summed E-state index contributed by atoms with van der Waals surface area (Å²) in [6.07, 6.45) is 0.853. The molecule has 0 heterocycles. The van der Waals surface area contributed by atoms with E-state index < -0.39 is 45.0 Å². The van der Waals surface area contributed by atoms with Crippen molar-refractivity contribution in [2.45, 2.75) is 26.4 Å². The van der Waals surface area contributed by atoms with Gasteiger partial charge in [-0.1, -0.05) is 29.3 Å². The molecule has 0 aromatic heterocycles. The van der Waals surface area contributed by atoms with Gasteiger partial charge in [0.1, 0.15) is 24.0 Å². The summed E-state index contributed by atoms with van der Waals surface area (Å²) < 4.78 is 31.3. The fraction of sp³-hybridized carbons (Fsp3) is 0.364. The Hall–Kier alpha value is -3.09. The second kappa shape index (κ2) is 12.2. The Kier molecular flexibility index (Phi) is 9.91. The Morgan fingerprint density at radius 3 is 2.39 bits per heavy atom. The third-order valence-corrected chi connectivity index (χ3v) is 6.91. The van der Waals surface area contributed by atoms with Crippen LogP contribution in [0.5, 0.6) is 5.75 Å². The van der Waals surface area contributed by atoms with Gasteiger partial charge in [-0.3, -0.25) is 24.0 Å². The number of hydrogen-bond donors (Lipinski definition) is 1. The molecule has 0 bridgehead atoms. The minimum absolute atomic E-state index is 0.00268. The number of carbonyl (C=O) groups is 2. The molecule has 0 aliphatic carbocycles. The molecule has 11 nitrogen and oxygen atoms in total. The first kappa shape index (κ1) is 29.1. The summed E-state index contributed by atoms with van der Waals surface area (Å²) in [4.78, 5) is 37.9. The van der Waals surface area contributed by atoms with Crippen molar-refractivity contribution in [1.82, 2.24) is 10.2 Å². The molecule has 2 aromatic rings. The van der Waals surface area contributed by atoms with Crippen molar-refractivity contribution in [3.05, 3.63) is 62.1 Å². The highest BCUT2D eigenvalue weighted by Crippen LogP contribution is 2.34. The number of hydrogen-bond acceptors (Lipinski definition) is 7. The zero-order chi connectivity index (χ0) is 27.2. The number of carbonyl (C=O) groups excluding carboxylic acids is 2. The molecule has 0 fully saturated rings. The molecule has 2 rings (SSSR count). The van der Waals surface area contributed by atoms with E-state index in [0.29, 0.717) is 21.4 Å². The van der Waals surface area contributed by atoms with Gasteiger partial charge in [0.2, 0.25) is 21.8 Å². The van der Waals surface area contributed by atoms with Gasteiger partial charge in [0.15, 0.2) is 0 Å². The molecule has 0 radical (unpaired) electrons. The molecule has 0 spiro atoms. The Morgan fingerprint density at radius 2 is 1.86 bits per heavy atom. The van der Waals surface area contributed by atoms with Crippen molar-refractivity contribution >= 4 is 56.4 Å². The Morgan fingerprint density at radius 1 is 1.19 bits per heavy atom. The quantitative estimate of drug-likeness (QED) is 0.328. The maximum atomic E-state index is 13.5. The third kappa shape index (κ3) is 7.21. The highest BCUT2D eigenvalue weighted by atomic mass is 35.5. The van der Waals surface area contributed by atoms with Crippen molar-refractivity contribution in [3.8, 4) is 5.75 Å². The van der Waals surface area contributed by atoms with Gasteiger partial charge in [0.25, 0.3) is 5.69 Å². The van der Waals surface area contributed by atoms with Gasteiger partial charge in [-0.15, -0.1) is 0 Å². The maximum Gasteiger partial charge on any atom is 0.271 e. The number of benzene rings is 2. The highest BCUT2D eigenvalue weighted by Gasteiger charge is 2.32. The number of methoxy groups -OCH3 is 1. The first-order valence-electron chi connectivity index (χ1n) is 10.6. The van der Waals surface area contributed by atoms with Crippen LogP contribution in [0.25, 0.3) is 0 Å². The van der Waals surface area contributed by atoms with Crippen LogP contribution in [0.3, 0.4) is 0 Å². The number of halogens is 2. The first-order chi connectivity index (χ1) is 16.8. The second-order valence-electron chi connectivity index (χ2n) is 7.71. The lowest BCUT2D eigenvalue weighted by Crippen LogP contribution is -2.51. The largest absolute Gasteiger partial charge is 0.495 e. The number of nitro groups is 1. The van der Waals surface area contributed by atoms with Crippen LogP contribution >= 0.6 is 23.2 Å². The van der Waals surface area contributed by atoms with Crippen LogP contribution in [0.1, 0.15) is 19.4 Å². The molecular weight excluding hydrogens is 535 g/mol. The van der Waals surface area contributed by atoms with E-state index in [9.17, 15) is 28.1 Å². The van der Waals surface area contributed by atoms with E-state index in [1.807, 2.05) is 0 Å². The smallest absolute Gasteiger partial charge is 0.271 e. The summed E-state index contributed by atoms with van der Waals surface area (Å²) in [6, 6.07) is 7.02. The van der Waals surface area contributed by atoms with Crippen LogP contribution in [0.2, 0.25) is 10.0 Å². The van der Waals surface area contributed by atoms with E-state index in [1.165, 1.54) is 31.1 Å². The zero-order valence-electron chi connectivity index (χ0n) is 20.0. The lowest BCUT2D eigenvalue weighted by Gasteiger charge is -2.32. The predicted molar refractivity (Wildman–Crippen MR) is 137 cm³/mol. The lowest BCUT2D eigenvalue weighted by atomic mass is 10.1. The predicted octanol–water partition coefficient (Wildman–Crippen LogP) is 3.23. The molecular formula is C22H26Cl2N4O7S. The summed E-state index contributed by atoms with van der Waals surface area (Å²) in [5.74, 6) is -1.21. The standard InChI is InChI=1S/C22H26Cl2N4O7S/c1-5-25-22(30)14(2)26(12-15-6-7-16(23)10-18(15)24)21(29)13-27(36(4,33)34)19-11-17(28(31)32)8-9-20(19)35-3/h6-11,14H,5,12-13H2,1-4H3,(H,25,30)/t14-/m1/s1. The maximum absolute atomic E-state index is 13.5. The highest BCUT2D eigenvalue weighted by molar-refractivity contribution is 7.92. The van der Waals surface area contributed by atoms with Crippen LogP contribution in [0.15, 0.2) is 36.4 Å². The third-order valence-electron chi connectivity index (χ3n) is 5.20. The summed E-state index contributed by atoms with van der Waals surface area (Å²) in [5.41, 5.74) is -0.116. The van der Waals surface area contributed by atoms with Crippen molar-refractivity contribution in [2.24, 2.45) is 0 Å². The fourth-order valence-corrected chi connectivity index (χ4v) is 4.63. The number of nitro benzene ring substituents is 1. The number of amides is 2. The van der Waals surface area contributed by atoms with Gasteiger partial charge in [0.05, 0.1) is 18.3 Å². The van der Waals surface area contributed by atoms with Crippen molar-refractivity contribution in [1.29, 1.82) is 0 Å². The minimum Gasteiger partial charge on any atom is -0.495 e. The summed E-state index contributed by atoms with van der Waals surface area (Å²) in [7, 11) is -2.86. The van der Waals surface area contributed by atoms with Crippen LogP contribution in [0, 0.1) is 10.1 Å². The molecule has 0 saturated carbocycles. The molecule has 14 heteroatoms. The van der Waals surface area contributed by atoms with Crippen LogP contribution in [-0.4, -0.2) is 62.6 Å². The Balaban J connectivity index is 2.54. The van der Waals surface area contributed by atoms with E-state index >= 15 is 0 Å². The average molecular weight is 561 g/mol. The number of nitrogens with zero attached hydrogens (tertiary/aromatic N) is 3. The number of likely N-dealkylation sites (N-methyl/N-ethyl adjacent to an activating group) is 1. The number of non-ortho nitro benzene ring substituents is 1. The van der Waals surface area contributed by atoms with Crippen LogP contribution in [-0.2, 0) is 26.2 Å². The molecule has 0 saturated heterocycles. The molecule has 0 unspecified atom stereocenters. The van der Waals surface area contributed by atoms with Gasteiger partial charge in [-0.2, -0.15) is 0 Å². The topological polar surface area (TPSA) is 139 Å². The molecule has 36 heavy (non-hydrogen) atoms. The molecule has 196 valence electrons. The van der Waals surface area contributed by atoms with Gasteiger partial charge < -0.3 is 15.0 Å². The van der Waals surface area contributed by atoms with E-state index in [0.717, 1.165) is 18.4 Å². The van der Waals surface area contributed by atoms with Gasteiger partial charge in [0, 0.05) is 35.3 Å². The van der Waals surface area contributed by atoms with Gasteiger partial charge >= 0.3 is 0 Å². The summed E-state index contributed by atoms with van der Waals surface area (Å²) in [5, 5.41) is 14.6. The van der Waals surface area contributed by atoms with Gasteiger partial charge in [-0.25, -0.2) is 8.42 Å². The van der Waals surface area contributed by atoms with Crippen molar-refractivity contribution in [3.63, 3.8) is 0 Å². The van der Waals surface area contributed by atoms with Crippen LogP contribution < -0.4 is 14.4 Å². The Bertz CT molecular complexity index is 1260. The average Bonchev–Trinajstić information content (AvgIpc) is 2.80. The number of rotatable bonds is 11. The van der Waals surface area contributed by atoms with Crippen LogP contribution in [0.4, 0.5) is 11.4 Å². The first-order valence-corrected chi connectivity index (χ1v) is 13.2. The van der Waals surface area contributed by atoms with Crippen molar-refractivity contribution in [2.75, 3.05) is 30.8 Å². The van der Waals surface area contributed by atoms with E-state index in [2.05, 4.69) is 5.32 Å². The molecule has 1 N–H and O–H groups in total. The molecule has 1 atom stereocenters. The van der Waals surface area contributed by atoms with E-state index in [1.54, 1.807) is 19.1 Å². The second-order valence-corrected chi connectivity index (χ2v) is 10.5. The Labute approximate surface area is 219 Å². The molecule has 2 amide bonds.